The molecule has 0 bridgehead atoms. The molecular formula is C13H10ClF2NO3. The van der Waals surface area contributed by atoms with E-state index in [1.165, 1.54) is 36.1 Å². The minimum Gasteiger partial charge on any atom is -0.465 e. The van der Waals surface area contributed by atoms with E-state index in [1.807, 2.05) is 0 Å². The van der Waals surface area contributed by atoms with E-state index in [0.717, 1.165) is 0 Å². The molecule has 1 aromatic carbocycles. The van der Waals surface area contributed by atoms with E-state index in [9.17, 15) is 18.4 Å². The average Bonchev–Trinajstić information content (AvgIpc) is 2.72. The number of ketones is 1. The molecular weight excluding hydrogens is 292 g/mol. The summed E-state index contributed by atoms with van der Waals surface area (Å²) >= 11 is 4.77. The number of hydrogen-bond acceptors (Lipinski definition) is 3. The van der Waals surface area contributed by atoms with E-state index in [0.29, 0.717) is 10.9 Å². The molecule has 106 valence electrons. The number of carbonyl (C=O) groups is 2. The maximum absolute atomic E-state index is 12.9. The number of fused-ring (bicyclic) bond motifs is 1. The van der Waals surface area contributed by atoms with Gasteiger partial charge in [-0.05, 0) is 23.7 Å². The van der Waals surface area contributed by atoms with Crippen molar-refractivity contribution in [2.24, 2.45) is 7.05 Å². The predicted octanol–water partition coefficient (Wildman–Crippen LogP) is 2.98. The van der Waals surface area contributed by atoms with E-state index in [2.05, 4.69) is 4.74 Å². The number of halogens is 3. The Labute approximate surface area is 117 Å². The second-order valence-electron chi connectivity index (χ2n) is 4.20. The Bertz CT molecular complexity index is 703. The van der Waals surface area contributed by atoms with Gasteiger partial charge in [-0.25, -0.2) is 4.79 Å². The third-order valence-corrected chi connectivity index (χ3v) is 3.09. The Balaban J connectivity index is 2.62. The van der Waals surface area contributed by atoms with Gasteiger partial charge in [-0.2, -0.15) is 8.78 Å². The fraction of sp³-hybridized carbons (Fsp3) is 0.231. The molecule has 0 unspecified atom stereocenters. The molecule has 7 heteroatoms. The number of aryl methyl sites for hydroxylation is 1. The van der Waals surface area contributed by atoms with Gasteiger partial charge in [0.2, 0.25) is 5.78 Å². The maximum atomic E-state index is 12.9. The number of methoxy groups -OCH3 is 1. The van der Waals surface area contributed by atoms with Crippen LogP contribution in [0.5, 0.6) is 0 Å². The molecule has 0 N–H and O–H groups in total. The van der Waals surface area contributed by atoms with E-state index in [1.54, 1.807) is 7.05 Å². The third-order valence-electron chi connectivity index (χ3n) is 2.91. The zero-order valence-electron chi connectivity index (χ0n) is 10.6. The van der Waals surface area contributed by atoms with Crippen molar-refractivity contribution in [1.29, 1.82) is 0 Å². The summed E-state index contributed by atoms with van der Waals surface area (Å²) in [6.45, 7) is 0. The van der Waals surface area contributed by atoms with Crippen LogP contribution in [0.3, 0.4) is 0 Å². The molecule has 0 fully saturated rings. The van der Waals surface area contributed by atoms with Gasteiger partial charge in [0.05, 0.1) is 18.2 Å². The zero-order chi connectivity index (χ0) is 15.1. The lowest BCUT2D eigenvalue weighted by atomic mass is 10.1. The first-order valence-electron chi connectivity index (χ1n) is 5.54. The van der Waals surface area contributed by atoms with Crippen molar-refractivity contribution in [3.63, 3.8) is 0 Å². The van der Waals surface area contributed by atoms with Crippen LogP contribution >= 0.6 is 11.6 Å². The topological polar surface area (TPSA) is 48.3 Å². The fourth-order valence-electron chi connectivity index (χ4n) is 1.96. The molecule has 0 amide bonds. The summed E-state index contributed by atoms with van der Waals surface area (Å²) in [5.74, 6) is -2.03. The quantitative estimate of drug-likeness (QED) is 0.497. The molecule has 0 atom stereocenters. The van der Waals surface area contributed by atoms with Gasteiger partial charge in [0, 0.05) is 24.1 Å². The van der Waals surface area contributed by atoms with Crippen molar-refractivity contribution in [2.45, 2.75) is 5.38 Å². The molecule has 2 rings (SSSR count). The molecule has 0 saturated carbocycles. The van der Waals surface area contributed by atoms with E-state index >= 15 is 0 Å². The number of alkyl halides is 3. The number of nitrogens with zero attached hydrogens (tertiary/aromatic N) is 1. The Morgan fingerprint density at radius 2 is 2.00 bits per heavy atom. The molecule has 20 heavy (non-hydrogen) atoms. The van der Waals surface area contributed by atoms with Crippen LogP contribution in [-0.2, 0) is 11.8 Å². The van der Waals surface area contributed by atoms with Crippen LogP contribution in [0.1, 0.15) is 20.7 Å². The molecule has 0 saturated heterocycles. The standard InChI is InChI=1S/C13H10ClF2NO3/c1-17-6-9(11(18)13(14,15)16)8-4-3-7(5-10(8)17)12(19)20-2/h3-6H,1-2H3. The van der Waals surface area contributed by atoms with Crippen LogP contribution in [-0.4, -0.2) is 28.8 Å². The highest BCUT2D eigenvalue weighted by atomic mass is 35.5. The molecule has 0 spiro atoms. The number of esters is 1. The summed E-state index contributed by atoms with van der Waals surface area (Å²) in [5.41, 5.74) is 0.522. The van der Waals surface area contributed by atoms with Crippen molar-refractivity contribution in [1.82, 2.24) is 4.57 Å². The normalized spacial score (nSPS) is 11.7. The summed E-state index contributed by atoms with van der Waals surface area (Å²) in [7, 11) is 2.81. The van der Waals surface area contributed by atoms with Crippen LogP contribution in [0.15, 0.2) is 24.4 Å². The van der Waals surface area contributed by atoms with Gasteiger partial charge >= 0.3 is 11.4 Å². The van der Waals surface area contributed by atoms with Crippen molar-refractivity contribution in [2.75, 3.05) is 7.11 Å². The number of rotatable bonds is 3. The molecule has 1 heterocycles. The summed E-state index contributed by atoms with van der Waals surface area (Å²) in [4.78, 5) is 23.0. The third kappa shape index (κ3) is 2.38. The Hall–Kier alpha value is -1.95. The van der Waals surface area contributed by atoms with Crippen LogP contribution in [0.2, 0.25) is 0 Å². The first-order chi connectivity index (χ1) is 9.25. The minimum atomic E-state index is -3.96. The smallest absolute Gasteiger partial charge is 0.385 e. The van der Waals surface area contributed by atoms with Gasteiger partial charge in [-0.15, -0.1) is 0 Å². The first-order valence-corrected chi connectivity index (χ1v) is 5.92. The molecule has 1 aromatic heterocycles. The van der Waals surface area contributed by atoms with Gasteiger partial charge in [0.25, 0.3) is 0 Å². The van der Waals surface area contributed by atoms with Gasteiger partial charge < -0.3 is 9.30 Å². The second kappa shape index (κ2) is 4.86. The van der Waals surface area contributed by atoms with Gasteiger partial charge in [-0.3, -0.25) is 4.79 Å². The number of ether oxygens (including phenoxy) is 1. The van der Waals surface area contributed by atoms with Crippen molar-refractivity contribution in [3.8, 4) is 0 Å². The number of benzene rings is 1. The van der Waals surface area contributed by atoms with Crippen molar-refractivity contribution < 1.29 is 23.1 Å². The number of carbonyl (C=O) groups excluding carboxylic acids is 2. The molecule has 0 radical (unpaired) electrons. The summed E-state index contributed by atoms with van der Waals surface area (Å²) in [5, 5.41) is -3.67. The Kier molecular flexibility index (Phi) is 3.52. The number of Topliss-reactive ketones (excluding diaryl/α,β-unsaturated/α-hetero) is 1. The Morgan fingerprint density at radius 1 is 1.35 bits per heavy atom. The monoisotopic (exact) mass is 301 g/mol. The minimum absolute atomic E-state index is 0.195. The highest BCUT2D eigenvalue weighted by molar-refractivity contribution is 6.36. The van der Waals surface area contributed by atoms with E-state index in [-0.39, 0.29) is 11.1 Å². The lowest BCUT2D eigenvalue weighted by Crippen LogP contribution is -2.21. The molecule has 4 nitrogen and oxygen atoms in total. The lowest BCUT2D eigenvalue weighted by Gasteiger charge is -2.05. The molecule has 0 aliphatic heterocycles. The summed E-state index contributed by atoms with van der Waals surface area (Å²) in [6, 6.07) is 4.28. The van der Waals surface area contributed by atoms with Gasteiger partial charge in [0.1, 0.15) is 0 Å². The highest BCUT2D eigenvalue weighted by Gasteiger charge is 2.38. The molecule has 0 aliphatic rings. The van der Waals surface area contributed by atoms with Crippen LogP contribution in [0.25, 0.3) is 10.9 Å². The van der Waals surface area contributed by atoms with Crippen molar-refractivity contribution in [3.05, 3.63) is 35.5 Å². The highest BCUT2D eigenvalue weighted by Crippen LogP contribution is 2.30. The molecule has 0 aliphatic carbocycles. The average molecular weight is 302 g/mol. The number of hydrogen-bond donors (Lipinski definition) is 0. The molecule has 2 aromatic rings. The fourth-order valence-corrected chi connectivity index (χ4v) is 2.06. The second-order valence-corrected chi connectivity index (χ2v) is 4.68. The van der Waals surface area contributed by atoms with Crippen LogP contribution < -0.4 is 0 Å². The van der Waals surface area contributed by atoms with E-state index in [4.69, 9.17) is 11.6 Å². The predicted molar refractivity (Wildman–Crippen MR) is 69.4 cm³/mol. The van der Waals surface area contributed by atoms with E-state index < -0.39 is 17.1 Å². The summed E-state index contributed by atoms with van der Waals surface area (Å²) in [6.07, 6.45) is 1.25. The SMILES string of the molecule is COC(=O)c1ccc2c(C(=O)C(F)(F)Cl)cn(C)c2c1. The summed E-state index contributed by atoms with van der Waals surface area (Å²) < 4.78 is 31.9. The van der Waals surface area contributed by atoms with Crippen molar-refractivity contribution >= 4 is 34.3 Å². The first kappa shape index (κ1) is 14.5. The Morgan fingerprint density at radius 3 is 2.55 bits per heavy atom. The van der Waals surface area contributed by atoms with Gasteiger partial charge in [-0.1, -0.05) is 6.07 Å². The zero-order valence-corrected chi connectivity index (χ0v) is 11.4. The van der Waals surface area contributed by atoms with Crippen LogP contribution in [0, 0.1) is 0 Å². The maximum Gasteiger partial charge on any atom is 0.385 e. The number of aromatic nitrogens is 1. The lowest BCUT2D eigenvalue weighted by molar-refractivity contribution is 0.0538. The largest absolute Gasteiger partial charge is 0.465 e. The van der Waals surface area contributed by atoms with Gasteiger partial charge in [0.15, 0.2) is 0 Å². The van der Waals surface area contributed by atoms with Crippen LogP contribution in [0.4, 0.5) is 8.78 Å².